The average molecular weight is 389 g/mol. The third-order valence-electron chi connectivity index (χ3n) is 5.56. The van der Waals surface area contributed by atoms with Crippen LogP contribution in [0.4, 0.5) is 5.69 Å². The van der Waals surface area contributed by atoms with E-state index in [1.807, 2.05) is 44.3 Å². The number of rotatable bonds is 2. The molecule has 148 valence electrons. The van der Waals surface area contributed by atoms with E-state index in [-0.39, 0.29) is 5.56 Å². The SMILES string of the molecule is Cc1cc2cc(-c3cc(=O)n4cc(N5CCN(C)CC5)ccc4n3)oc2c(C)n1. The maximum absolute atomic E-state index is 12.8. The first-order valence-corrected chi connectivity index (χ1v) is 9.83. The summed E-state index contributed by atoms with van der Waals surface area (Å²) >= 11 is 0. The van der Waals surface area contributed by atoms with Crippen molar-refractivity contribution in [3.63, 3.8) is 0 Å². The van der Waals surface area contributed by atoms with E-state index in [4.69, 9.17) is 4.42 Å². The molecule has 0 amide bonds. The average Bonchev–Trinajstić information content (AvgIpc) is 3.13. The Kier molecular flexibility index (Phi) is 4.13. The molecule has 1 fully saturated rings. The number of furan rings is 1. The van der Waals surface area contributed by atoms with Crippen LogP contribution < -0.4 is 10.5 Å². The normalized spacial score (nSPS) is 15.5. The summed E-state index contributed by atoms with van der Waals surface area (Å²) in [5.74, 6) is 0.582. The van der Waals surface area contributed by atoms with E-state index in [2.05, 4.69) is 26.8 Å². The van der Waals surface area contributed by atoms with Crippen molar-refractivity contribution in [2.45, 2.75) is 13.8 Å². The van der Waals surface area contributed by atoms with Crippen LogP contribution in [0.2, 0.25) is 0 Å². The molecule has 29 heavy (non-hydrogen) atoms. The minimum Gasteiger partial charge on any atom is -0.453 e. The molecule has 1 aliphatic rings. The first-order chi connectivity index (χ1) is 14.0. The van der Waals surface area contributed by atoms with Gasteiger partial charge in [-0.05, 0) is 45.2 Å². The van der Waals surface area contributed by atoms with Crippen molar-refractivity contribution >= 4 is 22.3 Å². The molecule has 0 saturated carbocycles. The van der Waals surface area contributed by atoms with E-state index in [9.17, 15) is 4.79 Å². The molecular formula is C22H23N5O2. The van der Waals surface area contributed by atoms with Crippen LogP contribution in [-0.4, -0.2) is 52.5 Å². The zero-order chi connectivity index (χ0) is 20.1. The summed E-state index contributed by atoms with van der Waals surface area (Å²) < 4.78 is 7.59. The highest BCUT2D eigenvalue weighted by Gasteiger charge is 2.16. The van der Waals surface area contributed by atoms with Crippen LogP contribution in [0, 0.1) is 13.8 Å². The largest absolute Gasteiger partial charge is 0.453 e. The number of nitrogens with zero attached hydrogens (tertiary/aromatic N) is 5. The van der Waals surface area contributed by atoms with E-state index in [0.29, 0.717) is 17.1 Å². The van der Waals surface area contributed by atoms with Crippen molar-refractivity contribution in [3.05, 3.63) is 58.3 Å². The topological polar surface area (TPSA) is 66.9 Å². The molecule has 0 unspecified atom stereocenters. The number of anilines is 1. The minimum atomic E-state index is -0.118. The Bertz CT molecular complexity index is 1280. The van der Waals surface area contributed by atoms with Gasteiger partial charge in [-0.2, -0.15) is 0 Å². The van der Waals surface area contributed by atoms with Crippen LogP contribution in [0.1, 0.15) is 11.4 Å². The highest BCUT2D eigenvalue weighted by Crippen LogP contribution is 2.28. The standard InChI is InChI=1S/C22H23N5O2/c1-14-10-16-11-19(29-22(16)15(2)23-14)18-12-21(28)27-13-17(4-5-20(27)24-18)26-8-6-25(3)7-9-26/h4-5,10-13H,6-9H2,1-3H3. The predicted molar refractivity (Wildman–Crippen MR) is 114 cm³/mol. The Labute approximate surface area is 168 Å². The number of piperazine rings is 1. The van der Waals surface area contributed by atoms with E-state index in [0.717, 1.165) is 54.2 Å². The Hall–Kier alpha value is -3.19. The van der Waals surface area contributed by atoms with E-state index in [1.165, 1.54) is 6.07 Å². The van der Waals surface area contributed by atoms with Gasteiger partial charge in [0.1, 0.15) is 11.3 Å². The smallest absolute Gasteiger partial charge is 0.258 e. The summed E-state index contributed by atoms with van der Waals surface area (Å²) in [6.07, 6.45) is 1.88. The Balaban J connectivity index is 1.56. The van der Waals surface area contributed by atoms with Gasteiger partial charge >= 0.3 is 0 Å². The highest BCUT2D eigenvalue weighted by molar-refractivity contribution is 5.84. The molecule has 0 bridgehead atoms. The summed E-state index contributed by atoms with van der Waals surface area (Å²) in [4.78, 5) is 26.6. The van der Waals surface area contributed by atoms with E-state index >= 15 is 0 Å². The van der Waals surface area contributed by atoms with Crippen LogP contribution >= 0.6 is 0 Å². The maximum atomic E-state index is 12.8. The van der Waals surface area contributed by atoms with Gasteiger partial charge in [0.2, 0.25) is 0 Å². The van der Waals surface area contributed by atoms with Crippen LogP contribution in [-0.2, 0) is 0 Å². The van der Waals surface area contributed by atoms with E-state index in [1.54, 1.807) is 4.40 Å². The van der Waals surface area contributed by atoms with Crippen LogP contribution in [0.25, 0.3) is 28.1 Å². The summed E-state index contributed by atoms with van der Waals surface area (Å²) in [5, 5.41) is 0.970. The number of likely N-dealkylation sites (N-methyl/N-ethyl adjacent to an activating group) is 1. The molecule has 0 N–H and O–H groups in total. The fourth-order valence-electron chi connectivity index (χ4n) is 3.96. The lowest BCUT2D eigenvalue weighted by molar-refractivity contribution is 0.313. The van der Waals surface area contributed by atoms with Crippen LogP contribution in [0.15, 0.2) is 45.7 Å². The van der Waals surface area contributed by atoms with Crippen molar-refractivity contribution < 1.29 is 4.42 Å². The van der Waals surface area contributed by atoms with Gasteiger partial charge in [-0.3, -0.25) is 14.2 Å². The molecule has 0 radical (unpaired) electrons. The minimum absolute atomic E-state index is 0.118. The second-order valence-corrected chi connectivity index (χ2v) is 7.76. The van der Waals surface area contributed by atoms with Gasteiger partial charge in [0, 0.05) is 49.5 Å². The van der Waals surface area contributed by atoms with Crippen molar-refractivity contribution in [2.75, 3.05) is 38.1 Å². The molecule has 1 aliphatic heterocycles. The summed E-state index contributed by atoms with van der Waals surface area (Å²) in [6, 6.07) is 9.37. The molecule has 0 aromatic carbocycles. The molecule has 0 aliphatic carbocycles. The molecule has 7 nitrogen and oxygen atoms in total. The highest BCUT2D eigenvalue weighted by atomic mass is 16.3. The Morgan fingerprint density at radius 2 is 1.79 bits per heavy atom. The molecule has 0 atom stereocenters. The van der Waals surface area contributed by atoms with Crippen molar-refractivity contribution in [3.8, 4) is 11.5 Å². The molecular weight excluding hydrogens is 366 g/mol. The monoisotopic (exact) mass is 389 g/mol. The Morgan fingerprint density at radius 1 is 1.00 bits per heavy atom. The second kappa shape index (κ2) is 6.70. The predicted octanol–water partition coefficient (Wildman–Crippen LogP) is 2.87. The van der Waals surface area contributed by atoms with Crippen molar-refractivity contribution in [2.24, 2.45) is 0 Å². The molecule has 7 heteroatoms. The fourth-order valence-corrected chi connectivity index (χ4v) is 3.96. The lowest BCUT2D eigenvalue weighted by atomic mass is 10.2. The Morgan fingerprint density at radius 3 is 2.59 bits per heavy atom. The first-order valence-electron chi connectivity index (χ1n) is 9.83. The lowest BCUT2D eigenvalue weighted by Crippen LogP contribution is -2.44. The van der Waals surface area contributed by atoms with E-state index < -0.39 is 0 Å². The number of pyridine rings is 2. The zero-order valence-corrected chi connectivity index (χ0v) is 16.8. The number of aryl methyl sites for hydroxylation is 2. The summed E-state index contributed by atoms with van der Waals surface area (Å²) in [7, 11) is 2.13. The van der Waals surface area contributed by atoms with Gasteiger partial charge in [0.15, 0.2) is 11.3 Å². The van der Waals surface area contributed by atoms with Crippen molar-refractivity contribution in [1.82, 2.24) is 19.3 Å². The van der Waals surface area contributed by atoms with Gasteiger partial charge in [-0.1, -0.05) is 0 Å². The molecule has 5 rings (SSSR count). The number of hydrogen-bond donors (Lipinski definition) is 0. The quantitative estimate of drug-likeness (QED) is 0.525. The molecule has 4 aromatic heterocycles. The van der Waals surface area contributed by atoms with Gasteiger partial charge in [-0.25, -0.2) is 4.98 Å². The van der Waals surface area contributed by atoms with Gasteiger partial charge in [0.25, 0.3) is 5.56 Å². The summed E-state index contributed by atoms with van der Waals surface area (Å²) in [5.41, 5.74) is 4.58. The first kappa shape index (κ1) is 17.9. The second-order valence-electron chi connectivity index (χ2n) is 7.76. The third kappa shape index (κ3) is 3.17. The van der Waals surface area contributed by atoms with Gasteiger partial charge < -0.3 is 14.2 Å². The fraction of sp³-hybridized carbons (Fsp3) is 0.318. The molecule has 0 spiro atoms. The number of aromatic nitrogens is 3. The van der Waals surface area contributed by atoms with Crippen LogP contribution in [0.3, 0.4) is 0 Å². The zero-order valence-electron chi connectivity index (χ0n) is 16.8. The number of hydrogen-bond acceptors (Lipinski definition) is 6. The molecule has 1 saturated heterocycles. The molecule has 4 aromatic rings. The van der Waals surface area contributed by atoms with Crippen LogP contribution in [0.5, 0.6) is 0 Å². The van der Waals surface area contributed by atoms with Crippen molar-refractivity contribution in [1.29, 1.82) is 0 Å². The lowest BCUT2D eigenvalue weighted by Gasteiger charge is -2.34. The van der Waals surface area contributed by atoms with Gasteiger partial charge in [-0.15, -0.1) is 0 Å². The maximum Gasteiger partial charge on any atom is 0.258 e. The number of fused-ring (bicyclic) bond motifs is 2. The third-order valence-corrected chi connectivity index (χ3v) is 5.56. The molecule has 5 heterocycles. The van der Waals surface area contributed by atoms with Gasteiger partial charge in [0.05, 0.1) is 11.4 Å². The summed E-state index contributed by atoms with van der Waals surface area (Å²) in [6.45, 7) is 7.82.